The van der Waals surface area contributed by atoms with Gasteiger partial charge in [-0.2, -0.15) is 0 Å². The summed E-state index contributed by atoms with van der Waals surface area (Å²) >= 11 is 0. The van der Waals surface area contributed by atoms with Crippen molar-refractivity contribution in [1.29, 1.82) is 0 Å². The molecule has 22 heavy (non-hydrogen) atoms. The number of carbonyl (C=O) groups is 1. The van der Waals surface area contributed by atoms with Gasteiger partial charge in [0, 0.05) is 0 Å². The van der Waals surface area contributed by atoms with Crippen LogP contribution in [0.2, 0.25) is 18.1 Å². The van der Waals surface area contributed by atoms with E-state index in [4.69, 9.17) is 9.53 Å². The van der Waals surface area contributed by atoms with Crippen molar-refractivity contribution in [1.82, 2.24) is 9.78 Å². The Morgan fingerprint density at radius 2 is 2.14 bits per heavy atom. The number of nitrogens with one attached hydrogen (secondary N) is 1. The third kappa shape index (κ3) is 4.53. The molecule has 2 N–H and O–H groups in total. The molecule has 10 heteroatoms. The third-order valence-corrected chi connectivity index (χ3v) is 8.29. The summed E-state index contributed by atoms with van der Waals surface area (Å²) in [7, 11) is -1.90. The van der Waals surface area contributed by atoms with E-state index in [1.165, 1.54) is 10.9 Å². The van der Waals surface area contributed by atoms with Crippen LogP contribution in [0.15, 0.2) is 6.20 Å². The summed E-state index contributed by atoms with van der Waals surface area (Å²) in [5.41, 5.74) is -0.380. The highest BCUT2D eigenvalue weighted by Crippen LogP contribution is 2.36. The van der Waals surface area contributed by atoms with Crippen molar-refractivity contribution < 1.29 is 19.3 Å². The van der Waals surface area contributed by atoms with Crippen molar-refractivity contribution in [3.63, 3.8) is 0 Å². The van der Waals surface area contributed by atoms with Gasteiger partial charge >= 0.3 is 11.8 Å². The molecule has 0 radical (unpaired) electrons. The Bertz CT molecular complexity index is 564. The number of nitrogens with zero attached hydrogens (tertiary/aromatic N) is 3. The summed E-state index contributed by atoms with van der Waals surface area (Å²) in [6, 6.07) is 0. The lowest BCUT2D eigenvalue weighted by molar-refractivity contribution is -0.384. The fraction of sp³-hybridized carbons (Fsp3) is 0.667. The number of amides is 1. The predicted octanol–water partition coefficient (Wildman–Crippen LogP) is 2.90. The van der Waals surface area contributed by atoms with Crippen molar-refractivity contribution in [2.24, 2.45) is 0 Å². The molecular formula is C12H22N4O5Si. The van der Waals surface area contributed by atoms with E-state index in [0.717, 1.165) is 0 Å². The van der Waals surface area contributed by atoms with E-state index in [2.05, 4.69) is 39.0 Å². The zero-order valence-corrected chi connectivity index (χ0v) is 14.4. The van der Waals surface area contributed by atoms with E-state index in [0.29, 0.717) is 13.2 Å². The van der Waals surface area contributed by atoms with Crippen molar-refractivity contribution in [3.05, 3.63) is 16.3 Å². The zero-order chi connectivity index (χ0) is 17.1. The van der Waals surface area contributed by atoms with Gasteiger partial charge in [0.25, 0.3) is 0 Å². The smallest absolute Gasteiger partial charge is 0.410 e. The van der Waals surface area contributed by atoms with Crippen LogP contribution in [0.25, 0.3) is 0 Å². The van der Waals surface area contributed by atoms with E-state index < -0.39 is 19.3 Å². The molecule has 124 valence electrons. The van der Waals surface area contributed by atoms with Crippen LogP contribution in [-0.4, -0.2) is 40.8 Å². The number of carboxylic acid groups (broad SMARTS) is 1. The normalized spacial score (nSPS) is 12.2. The van der Waals surface area contributed by atoms with Crippen molar-refractivity contribution in [3.8, 4) is 0 Å². The first-order valence-corrected chi connectivity index (χ1v) is 9.70. The Labute approximate surface area is 129 Å². The molecule has 1 aromatic heterocycles. The molecule has 9 nitrogen and oxygen atoms in total. The molecule has 0 atom stereocenters. The lowest BCUT2D eigenvalue weighted by Crippen LogP contribution is -2.41. The van der Waals surface area contributed by atoms with Gasteiger partial charge < -0.3 is 9.53 Å². The molecule has 1 rings (SSSR count). The summed E-state index contributed by atoms with van der Waals surface area (Å²) in [6.07, 6.45) is -0.203. The number of hydrogen-bond acceptors (Lipinski definition) is 5. The van der Waals surface area contributed by atoms with Gasteiger partial charge in [0.15, 0.2) is 8.32 Å². The average molecular weight is 330 g/mol. The molecule has 0 aromatic carbocycles. The molecule has 1 amide bonds. The molecule has 0 saturated heterocycles. The molecule has 1 aromatic rings. The fourth-order valence-corrected chi connectivity index (χ4v) is 2.49. The second kappa shape index (κ2) is 6.44. The van der Waals surface area contributed by atoms with Crippen LogP contribution in [0.4, 0.5) is 16.3 Å². The molecule has 0 aliphatic rings. The average Bonchev–Trinajstić information content (AvgIpc) is 2.69. The van der Waals surface area contributed by atoms with Crippen molar-refractivity contribution in [2.75, 3.05) is 11.9 Å². The number of rotatable bonds is 6. The highest BCUT2D eigenvalue weighted by atomic mass is 28.4. The highest BCUT2D eigenvalue weighted by Gasteiger charge is 2.37. The first-order chi connectivity index (χ1) is 9.94. The van der Waals surface area contributed by atoms with Crippen LogP contribution in [-0.2, 0) is 11.0 Å². The second-order valence-electron chi connectivity index (χ2n) is 6.42. The van der Waals surface area contributed by atoms with Gasteiger partial charge in [-0.1, -0.05) is 20.8 Å². The minimum Gasteiger partial charge on any atom is -0.465 e. The lowest BCUT2D eigenvalue weighted by Gasteiger charge is -2.36. The van der Waals surface area contributed by atoms with E-state index in [1.807, 2.05) is 5.32 Å². The summed E-state index contributed by atoms with van der Waals surface area (Å²) in [5.74, 6) is -0.287. The minimum absolute atomic E-state index is 0.0686. The molecular weight excluding hydrogens is 308 g/mol. The van der Waals surface area contributed by atoms with Gasteiger partial charge in [0.05, 0.1) is 18.1 Å². The Morgan fingerprint density at radius 3 is 2.59 bits per heavy atom. The monoisotopic (exact) mass is 330 g/mol. The minimum atomic E-state index is -1.90. The third-order valence-electron chi connectivity index (χ3n) is 3.75. The van der Waals surface area contributed by atoms with Gasteiger partial charge in [-0.15, -0.1) is 5.10 Å². The van der Waals surface area contributed by atoms with Gasteiger partial charge in [-0.3, -0.25) is 20.1 Å². The van der Waals surface area contributed by atoms with Gasteiger partial charge in [0.1, 0.15) is 6.20 Å². The number of anilines is 1. The van der Waals surface area contributed by atoms with Crippen LogP contribution in [0, 0.1) is 10.1 Å². The lowest BCUT2D eigenvalue weighted by atomic mass is 10.2. The topological polar surface area (TPSA) is 120 Å². The van der Waals surface area contributed by atoms with E-state index in [-0.39, 0.29) is 16.5 Å². The molecule has 0 aliphatic heterocycles. The SMILES string of the molecule is CC(C)(C)[Si](C)(C)OCCn1cc([N+](=O)[O-])c(NC(=O)O)n1. The largest absolute Gasteiger partial charge is 0.465 e. The maximum absolute atomic E-state index is 10.9. The molecule has 0 aliphatic carbocycles. The summed E-state index contributed by atoms with van der Waals surface area (Å²) in [6.45, 7) is 11.2. The van der Waals surface area contributed by atoms with Gasteiger partial charge in [0.2, 0.25) is 5.82 Å². The number of hydrogen-bond donors (Lipinski definition) is 2. The van der Waals surface area contributed by atoms with Gasteiger partial charge in [-0.05, 0) is 18.1 Å². The van der Waals surface area contributed by atoms with E-state index in [9.17, 15) is 14.9 Å². The van der Waals surface area contributed by atoms with Crippen LogP contribution in [0.1, 0.15) is 20.8 Å². The molecule has 1 heterocycles. The van der Waals surface area contributed by atoms with Crippen molar-refractivity contribution >= 4 is 25.9 Å². The highest BCUT2D eigenvalue weighted by molar-refractivity contribution is 6.74. The van der Waals surface area contributed by atoms with Crippen LogP contribution < -0.4 is 5.32 Å². The molecule has 0 bridgehead atoms. The first-order valence-electron chi connectivity index (χ1n) is 6.80. The van der Waals surface area contributed by atoms with Gasteiger partial charge in [-0.25, -0.2) is 4.79 Å². The Morgan fingerprint density at radius 1 is 1.55 bits per heavy atom. The fourth-order valence-electron chi connectivity index (χ4n) is 1.46. The summed E-state index contributed by atoms with van der Waals surface area (Å²) in [4.78, 5) is 20.8. The Kier molecular flexibility index (Phi) is 5.30. The molecule has 0 spiro atoms. The van der Waals surface area contributed by atoms with Crippen molar-refractivity contribution in [2.45, 2.75) is 45.4 Å². The molecule has 0 unspecified atom stereocenters. The van der Waals surface area contributed by atoms with Crippen LogP contribution in [0.5, 0.6) is 0 Å². The predicted molar refractivity (Wildman–Crippen MR) is 83.7 cm³/mol. The standard InChI is InChI=1S/C12H22N4O5Si/c1-12(2,3)22(4,5)21-7-6-15-8-9(16(19)20)10(14-15)13-11(17)18/h8H,6-7H2,1-5H3,(H,13,14)(H,17,18). The maximum Gasteiger partial charge on any atom is 0.410 e. The Hall–Kier alpha value is -1.94. The number of nitro groups is 1. The summed E-state index contributed by atoms with van der Waals surface area (Å²) in [5, 5.41) is 25.4. The zero-order valence-electron chi connectivity index (χ0n) is 13.4. The molecule has 0 fully saturated rings. The first kappa shape index (κ1) is 18.1. The quantitative estimate of drug-likeness (QED) is 0.470. The Balaban J connectivity index is 2.75. The van der Waals surface area contributed by atoms with Crippen LogP contribution in [0.3, 0.4) is 0 Å². The number of aromatic nitrogens is 2. The van der Waals surface area contributed by atoms with E-state index >= 15 is 0 Å². The maximum atomic E-state index is 10.9. The second-order valence-corrected chi connectivity index (χ2v) is 11.2. The summed E-state index contributed by atoms with van der Waals surface area (Å²) < 4.78 is 7.28. The molecule has 0 saturated carbocycles. The van der Waals surface area contributed by atoms with Crippen LogP contribution >= 0.6 is 0 Å². The van der Waals surface area contributed by atoms with E-state index in [1.54, 1.807) is 0 Å².